The van der Waals surface area contributed by atoms with E-state index in [1.807, 2.05) is 66.4 Å². The van der Waals surface area contributed by atoms with E-state index in [0.717, 1.165) is 16.7 Å². The first kappa shape index (κ1) is 20.5. The third-order valence-corrected chi connectivity index (χ3v) is 6.80. The molecule has 30 heavy (non-hydrogen) atoms. The van der Waals surface area contributed by atoms with Gasteiger partial charge in [-0.1, -0.05) is 60.1 Å². The van der Waals surface area contributed by atoms with E-state index in [-0.39, 0.29) is 17.2 Å². The van der Waals surface area contributed by atoms with Gasteiger partial charge in [0, 0.05) is 22.8 Å². The molecule has 3 aromatic rings. The maximum Gasteiger partial charge on any atom is 0.255 e. The lowest BCUT2D eigenvalue weighted by atomic mass is 10.1. The quantitative estimate of drug-likeness (QED) is 0.560. The number of nitrogens with one attached hydrogen (secondary N) is 1. The van der Waals surface area contributed by atoms with Crippen molar-refractivity contribution in [2.45, 2.75) is 18.8 Å². The number of hydrogen-bond donors (Lipinski definition) is 1. The van der Waals surface area contributed by atoms with Crippen LogP contribution in [0.3, 0.4) is 0 Å². The van der Waals surface area contributed by atoms with Gasteiger partial charge in [0.15, 0.2) is 0 Å². The Hall–Kier alpha value is -2.76. The summed E-state index contributed by atoms with van der Waals surface area (Å²) < 4.78 is 0. The van der Waals surface area contributed by atoms with Crippen molar-refractivity contribution < 1.29 is 9.59 Å². The minimum absolute atomic E-state index is 0.0509. The molecule has 1 heterocycles. The lowest BCUT2D eigenvalue weighted by Crippen LogP contribution is -2.27. The first-order valence-corrected chi connectivity index (χ1v) is 11.1. The second kappa shape index (κ2) is 8.94. The number of thioether (sulfide) groups is 1. The molecule has 3 aromatic carbocycles. The Kier molecular flexibility index (Phi) is 6.11. The van der Waals surface area contributed by atoms with Crippen molar-refractivity contribution in [1.82, 2.24) is 4.90 Å². The molecule has 0 spiro atoms. The number of hydrogen-bond acceptors (Lipinski definition) is 3. The van der Waals surface area contributed by atoms with Crippen LogP contribution in [0.25, 0.3) is 0 Å². The molecule has 1 atom stereocenters. The number of rotatable bonds is 5. The largest absolute Gasteiger partial charge is 0.322 e. The fourth-order valence-corrected chi connectivity index (χ4v) is 4.78. The molecule has 0 aliphatic carbocycles. The predicted molar refractivity (Wildman–Crippen MR) is 123 cm³/mol. The van der Waals surface area contributed by atoms with E-state index >= 15 is 0 Å². The zero-order chi connectivity index (χ0) is 21.1. The Morgan fingerprint density at radius 1 is 1.07 bits per heavy atom. The van der Waals surface area contributed by atoms with Crippen LogP contribution in [0, 0.1) is 6.92 Å². The van der Waals surface area contributed by atoms with E-state index in [2.05, 4.69) is 5.32 Å². The molecule has 0 unspecified atom stereocenters. The summed E-state index contributed by atoms with van der Waals surface area (Å²) in [4.78, 5) is 27.0. The lowest BCUT2D eigenvalue weighted by Gasteiger charge is -2.24. The number of halogens is 1. The highest BCUT2D eigenvalue weighted by molar-refractivity contribution is 8.00. The van der Waals surface area contributed by atoms with Crippen molar-refractivity contribution in [3.63, 3.8) is 0 Å². The molecule has 0 radical (unpaired) electrons. The predicted octanol–water partition coefficient (Wildman–Crippen LogP) is 5.67. The maximum absolute atomic E-state index is 12.6. The molecule has 1 aliphatic rings. The van der Waals surface area contributed by atoms with Crippen LogP contribution in [-0.4, -0.2) is 22.5 Å². The lowest BCUT2D eigenvalue weighted by molar-refractivity contribution is -0.128. The molecule has 0 aromatic heterocycles. The topological polar surface area (TPSA) is 49.4 Å². The van der Waals surface area contributed by atoms with Crippen LogP contribution in [0.5, 0.6) is 0 Å². The van der Waals surface area contributed by atoms with Crippen molar-refractivity contribution in [2.75, 3.05) is 11.1 Å². The van der Waals surface area contributed by atoms with E-state index < -0.39 is 0 Å². The van der Waals surface area contributed by atoms with Gasteiger partial charge >= 0.3 is 0 Å². The van der Waals surface area contributed by atoms with Crippen LogP contribution in [0.15, 0.2) is 72.8 Å². The van der Waals surface area contributed by atoms with Gasteiger partial charge in [-0.2, -0.15) is 0 Å². The highest BCUT2D eigenvalue weighted by Gasteiger charge is 2.32. The Labute approximate surface area is 185 Å². The number of benzene rings is 3. The molecule has 0 saturated carbocycles. The molecule has 6 heteroatoms. The molecule has 1 N–H and O–H groups in total. The summed E-state index contributed by atoms with van der Waals surface area (Å²) >= 11 is 7.75. The second-order valence-corrected chi connectivity index (χ2v) is 8.63. The van der Waals surface area contributed by atoms with E-state index in [1.165, 1.54) is 0 Å². The van der Waals surface area contributed by atoms with Gasteiger partial charge in [0.2, 0.25) is 5.91 Å². The maximum atomic E-state index is 12.6. The zero-order valence-corrected chi connectivity index (χ0v) is 18.0. The van der Waals surface area contributed by atoms with Gasteiger partial charge in [-0.05, 0) is 47.9 Å². The van der Waals surface area contributed by atoms with Crippen LogP contribution >= 0.6 is 23.4 Å². The summed E-state index contributed by atoms with van der Waals surface area (Å²) in [6.07, 6.45) is 0. The van der Waals surface area contributed by atoms with E-state index in [1.54, 1.807) is 30.0 Å². The van der Waals surface area contributed by atoms with Gasteiger partial charge in [-0.25, -0.2) is 0 Å². The first-order valence-electron chi connectivity index (χ1n) is 9.64. The van der Waals surface area contributed by atoms with Gasteiger partial charge in [0.25, 0.3) is 5.91 Å². The van der Waals surface area contributed by atoms with Crippen molar-refractivity contribution in [2.24, 2.45) is 0 Å². The number of nitrogens with zero attached hydrogens (tertiary/aromatic N) is 1. The summed E-state index contributed by atoms with van der Waals surface area (Å²) in [5, 5.41) is 3.48. The molecule has 0 bridgehead atoms. The molecule has 1 saturated heterocycles. The Bertz CT molecular complexity index is 1070. The highest BCUT2D eigenvalue weighted by Crippen LogP contribution is 2.39. The Morgan fingerprint density at radius 2 is 1.80 bits per heavy atom. The molecule has 2 amide bonds. The molecular formula is C24H21ClN2O2S. The van der Waals surface area contributed by atoms with Crippen molar-refractivity contribution in [3.05, 3.63) is 100 Å². The number of anilines is 1. The molecule has 1 fully saturated rings. The summed E-state index contributed by atoms with van der Waals surface area (Å²) in [6, 6.07) is 22.9. The average molecular weight is 437 g/mol. The van der Waals surface area contributed by atoms with Gasteiger partial charge in [0.05, 0.1) is 5.75 Å². The minimum Gasteiger partial charge on any atom is -0.322 e. The van der Waals surface area contributed by atoms with Gasteiger partial charge in [-0.15, -0.1) is 11.8 Å². The normalized spacial score (nSPS) is 16.0. The summed E-state index contributed by atoms with van der Waals surface area (Å²) in [6.45, 7) is 2.45. The SMILES string of the molecule is Cc1c(Cl)cccc1NC(=O)c1ccc([C@H]2SCC(=O)N2Cc2ccccc2)cc1. The van der Waals surface area contributed by atoms with Crippen molar-refractivity contribution in [1.29, 1.82) is 0 Å². The van der Waals surface area contributed by atoms with E-state index in [4.69, 9.17) is 11.6 Å². The third kappa shape index (κ3) is 4.37. The van der Waals surface area contributed by atoms with Crippen LogP contribution in [0.4, 0.5) is 5.69 Å². The van der Waals surface area contributed by atoms with E-state index in [9.17, 15) is 9.59 Å². The molecule has 152 valence electrons. The monoisotopic (exact) mass is 436 g/mol. The molecular weight excluding hydrogens is 416 g/mol. The third-order valence-electron chi connectivity index (χ3n) is 5.14. The van der Waals surface area contributed by atoms with Crippen LogP contribution in [-0.2, 0) is 11.3 Å². The smallest absolute Gasteiger partial charge is 0.255 e. The number of carbonyl (C=O) groups is 2. The van der Waals surface area contributed by atoms with Crippen LogP contribution in [0.1, 0.15) is 32.4 Å². The molecule has 4 nitrogen and oxygen atoms in total. The summed E-state index contributed by atoms with van der Waals surface area (Å²) in [5.41, 5.74) is 4.20. The average Bonchev–Trinajstić information content (AvgIpc) is 3.12. The fourth-order valence-electron chi connectivity index (χ4n) is 3.42. The standard InChI is InChI=1S/C24H21ClN2O2S/c1-16-20(25)8-5-9-21(16)26-23(29)18-10-12-19(13-11-18)24-27(22(28)15-30-24)14-17-6-3-2-4-7-17/h2-13,24H,14-15H2,1H3,(H,26,29)/t24-/m1/s1. The zero-order valence-electron chi connectivity index (χ0n) is 16.5. The van der Waals surface area contributed by atoms with Crippen molar-refractivity contribution >= 4 is 40.9 Å². The highest BCUT2D eigenvalue weighted by atomic mass is 35.5. The van der Waals surface area contributed by atoms with E-state index in [0.29, 0.717) is 28.6 Å². The Balaban J connectivity index is 1.49. The second-order valence-electron chi connectivity index (χ2n) is 7.16. The van der Waals surface area contributed by atoms with Gasteiger partial charge < -0.3 is 10.2 Å². The fraction of sp³-hybridized carbons (Fsp3) is 0.167. The molecule has 4 rings (SSSR count). The van der Waals surface area contributed by atoms with Crippen LogP contribution < -0.4 is 5.32 Å². The number of amides is 2. The van der Waals surface area contributed by atoms with Crippen LogP contribution in [0.2, 0.25) is 5.02 Å². The first-order chi connectivity index (χ1) is 14.5. The van der Waals surface area contributed by atoms with Crippen molar-refractivity contribution in [3.8, 4) is 0 Å². The molecule has 1 aliphatic heterocycles. The Morgan fingerprint density at radius 3 is 2.53 bits per heavy atom. The number of carbonyl (C=O) groups excluding carboxylic acids is 2. The van der Waals surface area contributed by atoms with Gasteiger partial charge in [0.1, 0.15) is 5.37 Å². The summed E-state index contributed by atoms with van der Waals surface area (Å²) in [5.74, 6) is 0.406. The minimum atomic E-state index is -0.191. The summed E-state index contributed by atoms with van der Waals surface area (Å²) in [7, 11) is 0. The van der Waals surface area contributed by atoms with Gasteiger partial charge in [-0.3, -0.25) is 9.59 Å².